The Balaban J connectivity index is 1.54. The van der Waals surface area contributed by atoms with E-state index in [1.54, 1.807) is 0 Å². The molecule has 0 aliphatic heterocycles. The van der Waals surface area contributed by atoms with E-state index in [4.69, 9.17) is 4.42 Å². The van der Waals surface area contributed by atoms with Crippen LogP contribution in [0.15, 0.2) is 35.0 Å². The molecule has 4 rings (SSSR count). The van der Waals surface area contributed by atoms with E-state index in [0.29, 0.717) is 23.4 Å². The first-order valence-electron chi connectivity index (χ1n) is 7.85. The molecule has 0 spiro atoms. The Morgan fingerprint density at radius 2 is 1.65 bits per heavy atom. The Morgan fingerprint density at radius 3 is 2.19 bits per heavy atom. The largest absolute Gasteiger partial charge is 0.415 e. The highest BCUT2D eigenvalue weighted by Crippen LogP contribution is 2.50. The number of aromatic nitrogens is 4. The van der Waals surface area contributed by atoms with Crippen molar-refractivity contribution in [2.24, 2.45) is 0 Å². The Hall–Kier alpha value is -2.84. The lowest BCUT2D eigenvalue weighted by Gasteiger charge is -2.15. The van der Waals surface area contributed by atoms with Crippen molar-refractivity contribution in [1.29, 1.82) is 0 Å². The molecule has 0 N–H and O–H groups in total. The number of alkyl halides is 2. The SMILES string of the molecule is Fc1cc(F)cc(C2(Cc3ncc(-c4nnc(C(F)F)o4)cn3)CC2)c1. The fraction of sp³-hybridized carbons (Fsp3) is 0.294. The van der Waals surface area contributed by atoms with Crippen LogP contribution < -0.4 is 0 Å². The molecule has 2 heterocycles. The fourth-order valence-corrected chi connectivity index (χ4v) is 2.88. The van der Waals surface area contributed by atoms with Gasteiger partial charge in [0.25, 0.3) is 11.8 Å². The van der Waals surface area contributed by atoms with Crippen molar-refractivity contribution < 1.29 is 22.0 Å². The van der Waals surface area contributed by atoms with E-state index < -0.39 is 24.0 Å². The molecule has 26 heavy (non-hydrogen) atoms. The van der Waals surface area contributed by atoms with E-state index in [1.807, 2.05) is 0 Å². The van der Waals surface area contributed by atoms with Gasteiger partial charge in [-0.25, -0.2) is 18.7 Å². The van der Waals surface area contributed by atoms with Gasteiger partial charge >= 0.3 is 6.43 Å². The topological polar surface area (TPSA) is 64.7 Å². The summed E-state index contributed by atoms with van der Waals surface area (Å²) >= 11 is 0. The molecule has 0 amide bonds. The molecule has 5 nitrogen and oxygen atoms in total. The summed E-state index contributed by atoms with van der Waals surface area (Å²) in [5.74, 6) is -1.62. The molecule has 9 heteroatoms. The zero-order valence-corrected chi connectivity index (χ0v) is 13.3. The van der Waals surface area contributed by atoms with Gasteiger partial charge < -0.3 is 4.42 Å². The lowest BCUT2D eigenvalue weighted by atomic mass is 9.92. The summed E-state index contributed by atoms with van der Waals surface area (Å²) < 4.78 is 56.8. The average molecular weight is 364 g/mol. The van der Waals surface area contributed by atoms with Crippen molar-refractivity contribution in [3.63, 3.8) is 0 Å². The number of nitrogens with zero attached hydrogens (tertiary/aromatic N) is 4. The van der Waals surface area contributed by atoms with Crippen LogP contribution >= 0.6 is 0 Å². The molecule has 1 aliphatic carbocycles. The Morgan fingerprint density at radius 1 is 1.00 bits per heavy atom. The molecule has 0 bridgehead atoms. The highest BCUT2D eigenvalue weighted by molar-refractivity contribution is 5.48. The molecule has 0 unspecified atom stereocenters. The smallest absolute Gasteiger partial charge is 0.314 e. The van der Waals surface area contributed by atoms with Crippen LogP contribution in [0.5, 0.6) is 0 Å². The molecule has 134 valence electrons. The summed E-state index contributed by atoms with van der Waals surface area (Å²) in [5.41, 5.74) is 0.522. The molecular formula is C17H12F4N4O. The first-order chi connectivity index (χ1) is 12.4. The molecule has 1 aromatic carbocycles. The van der Waals surface area contributed by atoms with Gasteiger partial charge in [0.15, 0.2) is 0 Å². The third-order valence-electron chi connectivity index (χ3n) is 4.40. The zero-order valence-electron chi connectivity index (χ0n) is 13.3. The molecule has 3 aromatic rings. The van der Waals surface area contributed by atoms with Crippen LogP contribution in [0.3, 0.4) is 0 Å². The predicted octanol–water partition coefficient (Wildman–Crippen LogP) is 4.02. The van der Waals surface area contributed by atoms with Crippen molar-refractivity contribution in [3.8, 4) is 11.5 Å². The van der Waals surface area contributed by atoms with Gasteiger partial charge in [0, 0.05) is 30.3 Å². The van der Waals surface area contributed by atoms with E-state index in [9.17, 15) is 17.6 Å². The minimum Gasteiger partial charge on any atom is -0.415 e. The lowest BCUT2D eigenvalue weighted by Crippen LogP contribution is -2.13. The minimum atomic E-state index is -2.85. The third kappa shape index (κ3) is 3.16. The fourth-order valence-electron chi connectivity index (χ4n) is 2.88. The maximum absolute atomic E-state index is 13.5. The zero-order chi connectivity index (χ0) is 18.3. The van der Waals surface area contributed by atoms with Crippen molar-refractivity contribution in [3.05, 3.63) is 59.5 Å². The standard InChI is InChI=1S/C17H12F4N4O/c18-11-3-10(4-12(19)5-11)17(1-2-17)6-13-22-7-9(8-23-13)15-24-25-16(26-15)14(20)21/h3-5,7-8,14H,1-2,6H2. The second-order valence-electron chi connectivity index (χ2n) is 6.25. The van der Waals surface area contributed by atoms with E-state index in [1.165, 1.54) is 24.5 Å². The maximum atomic E-state index is 13.5. The van der Waals surface area contributed by atoms with Gasteiger partial charge in [-0.15, -0.1) is 10.2 Å². The summed E-state index contributed by atoms with van der Waals surface area (Å²) in [6.07, 6.45) is 1.92. The second-order valence-corrected chi connectivity index (χ2v) is 6.25. The molecule has 0 saturated heterocycles. The van der Waals surface area contributed by atoms with Crippen LogP contribution in [0, 0.1) is 11.6 Å². The average Bonchev–Trinajstić information content (AvgIpc) is 3.20. The molecule has 1 fully saturated rings. The van der Waals surface area contributed by atoms with E-state index in [-0.39, 0.29) is 11.3 Å². The van der Waals surface area contributed by atoms with Crippen LogP contribution in [0.25, 0.3) is 11.5 Å². The third-order valence-corrected chi connectivity index (χ3v) is 4.40. The van der Waals surface area contributed by atoms with Gasteiger partial charge in [0.1, 0.15) is 17.5 Å². The number of hydrogen-bond donors (Lipinski definition) is 0. The van der Waals surface area contributed by atoms with Crippen LogP contribution in [-0.4, -0.2) is 20.2 Å². The molecule has 1 aliphatic rings. The van der Waals surface area contributed by atoms with Gasteiger partial charge in [0.05, 0.1) is 5.56 Å². The van der Waals surface area contributed by atoms with Gasteiger partial charge in [-0.1, -0.05) is 0 Å². The number of rotatable bonds is 5. The Bertz CT molecular complexity index is 918. The molecule has 2 aromatic heterocycles. The van der Waals surface area contributed by atoms with Crippen LogP contribution in [0.2, 0.25) is 0 Å². The summed E-state index contributed by atoms with van der Waals surface area (Å²) in [4.78, 5) is 8.38. The maximum Gasteiger partial charge on any atom is 0.314 e. The van der Waals surface area contributed by atoms with Crippen molar-refractivity contribution >= 4 is 0 Å². The second kappa shape index (κ2) is 6.15. The van der Waals surface area contributed by atoms with Crippen molar-refractivity contribution in [1.82, 2.24) is 20.2 Å². The van der Waals surface area contributed by atoms with Crippen LogP contribution in [0.4, 0.5) is 17.6 Å². The number of hydrogen-bond acceptors (Lipinski definition) is 5. The minimum absolute atomic E-state index is 0.0970. The highest BCUT2D eigenvalue weighted by atomic mass is 19.3. The van der Waals surface area contributed by atoms with Gasteiger partial charge in [0.2, 0.25) is 0 Å². The molecule has 0 radical (unpaired) electrons. The van der Waals surface area contributed by atoms with Gasteiger partial charge in [-0.2, -0.15) is 8.78 Å². The quantitative estimate of drug-likeness (QED) is 0.640. The van der Waals surface area contributed by atoms with Crippen LogP contribution in [0.1, 0.15) is 36.5 Å². The molecule has 0 atom stereocenters. The summed E-state index contributed by atoms with van der Waals surface area (Å²) in [6.45, 7) is 0. The first-order valence-corrected chi connectivity index (χ1v) is 7.85. The summed E-state index contributed by atoms with van der Waals surface area (Å²) in [7, 11) is 0. The van der Waals surface area contributed by atoms with E-state index in [0.717, 1.165) is 18.9 Å². The number of halogens is 4. The normalized spacial score (nSPS) is 15.4. The molecular weight excluding hydrogens is 352 g/mol. The highest BCUT2D eigenvalue weighted by Gasteiger charge is 2.45. The van der Waals surface area contributed by atoms with Crippen LogP contribution in [-0.2, 0) is 11.8 Å². The van der Waals surface area contributed by atoms with E-state index >= 15 is 0 Å². The first kappa shape index (κ1) is 16.6. The van der Waals surface area contributed by atoms with E-state index in [2.05, 4.69) is 20.2 Å². The van der Waals surface area contributed by atoms with Crippen molar-refractivity contribution in [2.45, 2.75) is 31.1 Å². The summed E-state index contributed by atoms with van der Waals surface area (Å²) in [5, 5.41) is 6.78. The molecule has 1 saturated carbocycles. The monoisotopic (exact) mass is 364 g/mol. The Kier molecular flexibility index (Phi) is 3.93. The van der Waals surface area contributed by atoms with Gasteiger partial charge in [-0.3, -0.25) is 0 Å². The lowest BCUT2D eigenvalue weighted by molar-refractivity contribution is 0.116. The summed E-state index contributed by atoms with van der Waals surface area (Å²) in [6, 6.07) is 3.49. The number of benzene rings is 1. The van der Waals surface area contributed by atoms with Crippen molar-refractivity contribution in [2.75, 3.05) is 0 Å². The Labute approximate surface area is 145 Å². The van der Waals surface area contributed by atoms with Gasteiger partial charge in [-0.05, 0) is 30.5 Å². The predicted molar refractivity (Wildman–Crippen MR) is 81.3 cm³/mol.